The van der Waals surface area contributed by atoms with Gasteiger partial charge in [0.1, 0.15) is 5.82 Å². The number of hydrogen-bond acceptors (Lipinski definition) is 4. The van der Waals surface area contributed by atoms with E-state index in [4.69, 9.17) is 0 Å². The topological polar surface area (TPSA) is 67.2 Å². The van der Waals surface area contributed by atoms with Crippen molar-refractivity contribution in [3.63, 3.8) is 0 Å². The van der Waals surface area contributed by atoms with Crippen molar-refractivity contribution in [2.24, 2.45) is 5.92 Å². The maximum atomic E-state index is 12.1. The Morgan fingerprint density at radius 3 is 2.83 bits per heavy atom. The van der Waals surface area contributed by atoms with Crippen LogP contribution in [0.4, 0.5) is 11.5 Å². The highest BCUT2D eigenvalue weighted by Gasteiger charge is 2.34. The quantitative estimate of drug-likeness (QED) is 0.915. The van der Waals surface area contributed by atoms with Gasteiger partial charge < -0.3 is 14.8 Å². The highest BCUT2D eigenvalue weighted by Crippen LogP contribution is 2.36. The third kappa shape index (κ3) is 2.68. The number of hydrogen-bond donors (Lipinski definition) is 1. The Bertz CT molecular complexity index is 828. The molecule has 2 unspecified atom stereocenters. The fourth-order valence-electron chi connectivity index (χ4n) is 3.93. The number of fused-ring (bicyclic) bond motifs is 4. The van der Waals surface area contributed by atoms with Crippen LogP contribution in [0.15, 0.2) is 41.3 Å². The van der Waals surface area contributed by atoms with Gasteiger partial charge in [0, 0.05) is 44.2 Å². The number of amides is 1. The fourth-order valence-corrected chi connectivity index (χ4v) is 3.93. The standard InChI is InChI=1S/C18H20N4O2/c1-12(23)20-15-5-6-17(19-8-15)21-9-13-7-14(11-21)16-3-2-4-18(24)22(16)10-13/h2-6,8,13-14H,7,9-11H2,1H3,(H,20,23). The lowest BCUT2D eigenvalue weighted by Gasteiger charge is -2.43. The van der Waals surface area contributed by atoms with Crippen LogP contribution in [-0.4, -0.2) is 28.5 Å². The Kier molecular flexibility index (Phi) is 3.59. The lowest BCUT2D eigenvalue weighted by Crippen LogP contribution is -2.47. The Morgan fingerprint density at radius 1 is 1.21 bits per heavy atom. The van der Waals surface area contributed by atoms with E-state index in [9.17, 15) is 9.59 Å². The van der Waals surface area contributed by atoms with E-state index in [1.54, 1.807) is 12.3 Å². The van der Waals surface area contributed by atoms with Gasteiger partial charge in [0.2, 0.25) is 5.91 Å². The van der Waals surface area contributed by atoms with E-state index in [0.29, 0.717) is 17.5 Å². The zero-order chi connectivity index (χ0) is 16.7. The number of carbonyl (C=O) groups is 1. The molecule has 2 atom stereocenters. The van der Waals surface area contributed by atoms with Crippen molar-refractivity contribution in [2.45, 2.75) is 25.8 Å². The molecule has 2 aliphatic rings. The van der Waals surface area contributed by atoms with Crippen molar-refractivity contribution in [3.05, 3.63) is 52.6 Å². The molecule has 6 nitrogen and oxygen atoms in total. The first kappa shape index (κ1) is 14.9. The summed E-state index contributed by atoms with van der Waals surface area (Å²) in [5.41, 5.74) is 1.95. The zero-order valence-corrected chi connectivity index (χ0v) is 13.6. The van der Waals surface area contributed by atoms with Crippen molar-refractivity contribution in [2.75, 3.05) is 23.3 Å². The molecule has 1 amide bonds. The summed E-state index contributed by atoms with van der Waals surface area (Å²) in [4.78, 5) is 30.0. The molecule has 24 heavy (non-hydrogen) atoms. The fraction of sp³-hybridized carbons (Fsp3) is 0.389. The third-order valence-corrected chi connectivity index (χ3v) is 4.87. The number of nitrogens with one attached hydrogen (secondary N) is 1. The van der Waals surface area contributed by atoms with Gasteiger partial charge >= 0.3 is 0 Å². The van der Waals surface area contributed by atoms with Crippen LogP contribution in [0.5, 0.6) is 0 Å². The summed E-state index contributed by atoms with van der Waals surface area (Å²) in [5.74, 6) is 1.65. The Hall–Kier alpha value is -2.63. The molecule has 0 spiro atoms. The molecule has 0 aliphatic carbocycles. The van der Waals surface area contributed by atoms with Gasteiger partial charge in [-0.25, -0.2) is 4.98 Å². The van der Waals surface area contributed by atoms with Gasteiger partial charge in [-0.05, 0) is 30.5 Å². The van der Waals surface area contributed by atoms with Crippen LogP contribution < -0.4 is 15.8 Å². The van der Waals surface area contributed by atoms with Crippen LogP contribution in [0.2, 0.25) is 0 Å². The summed E-state index contributed by atoms with van der Waals surface area (Å²) < 4.78 is 1.93. The van der Waals surface area contributed by atoms with E-state index < -0.39 is 0 Å². The molecule has 2 bridgehead atoms. The number of carbonyl (C=O) groups excluding carboxylic acids is 1. The molecule has 1 saturated heterocycles. The van der Waals surface area contributed by atoms with Gasteiger partial charge in [-0.15, -0.1) is 0 Å². The summed E-state index contributed by atoms with van der Waals surface area (Å²) in [6, 6.07) is 9.40. The number of piperidine rings is 1. The molecule has 6 heteroatoms. The lowest BCUT2D eigenvalue weighted by molar-refractivity contribution is -0.114. The Labute approximate surface area is 140 Å². The van der Waals surface area contributed by atoms with Crippen LogP contribution in [-0.2, 0) is 11.3 Å². The SMILES string of the molecule is CC(=O)Nc1ccc(N2CC3CC(C2)c2cccc(=O)n2C3)nc1. The summed E-state index contributed by atoms with van der Waals surface area (Å²) in [6.07, 6.45) is 2.82. The van der Waals surface area contributed by atoms with E-state index in [-0.39, 0.29) is 11.5 Å². The normalized spacial score (nSPS) is 22.0. The average Bonchev–Trinajstić information content (AvgIpc) is 2.56. The van der Waals surface area contributed by atoms with Gasteiger partial charge in [-0.1, -0.05) is 6.07 Å². The molecule has 2 aromatic rings. The average molecular weight is 324 g/mol. The first-order valence-corrected chi connectivity index (χ1v) is 8.28. The number of nitrogens with zero attached hydrogens (tertiary/aromatic N) is 3. The third-order valence-electron chi connectivity index (χ3n) is 4.87. The van der Waals surface area contributed by atoms with Crippen molar-refractivity contribution in [3.8, 4) is 0 Å². The van der Waals surface area contributed by atoms with Gasteiger partial charge in [-0.2, -0.15) is 0 Å². The van der Waals surface area contributed by atoms with E-state index >= 15 is 0 Å². The van der Waals surface area contributed by atoms with Crippen molar-refractivity contribution in [1.29, 1.82) is 0 Å². The van der Waals surface area contributed by atoms with Crippen LogP contribution in [0.25, 0.3) is 0 Å². The van der Waals surface area contributed by atoms with Crippen molar-refractivity contribution >= 4 is 17.4 Å². The van der Waals surface area contributed by atoms with Crippen molar-refractivity contribution in [1.82, 2.24) is 9.55 Å². The molecule has 2 aromatic heterocycles. The first-order chi connectivity index (χ1) is 11.6. The van der Waals surface area contributed by atoms with Crippen LogP contribution in [0, 0.1) is 5.92 Å². The monoisotopic (exact) mass is 324 g/mol. The second-order valence-electron chi connectivity index (χ2n) is 6.69. The molecule has 0 radical (unpaired) electrons. The predicted molar refractivity (Wildman–Crippen MR) is 92.3 cm³/mol. The maximum absolute atomic E-state index is 12.1. The number of pyridine rings is 2. The lowest BCUT2D eigenvalue weighted by atomic mass is 9.83. The second kappa shape index (κ2) is 5.78. The van der Waals surface area contributed by atoms with Crippen molar-refractivity contribution < 1.29 is 4.79 Å². The van der Waals surface area contributed by atoms with Gasteiger partial charge in [0.15, 0.2) is 0 Å². The number of aromatic nitrogens is 2. The van der Waals surface area contributed by atoms with Crippen LogP contribution in [0.3, 0.4) is 0 Å². The van der Waals surface area contributed by atoms with Gasteiger partial charge in [-0.3, -0.25) is 9.59 Å². The van der Waals surface area contributed by atoms with E-state index in [2.05, 4.69) is 21.3 Å². The molecule has 1 fully saturated rings. The first-order valence-electron chi connectivity index (χ1n) is 8.28. The summed E-state index contributed by atoms with van der Waals surface area (Å²) in [5, 5.41) is 2.74. The molecule has 1 N–H and O–H groups in total. The second-order valence-corrected chi connectivity index (χ2v) is 6.69. The van der Waals surface area contributed by atoms with Crippen LogP contribution in [0.1, 0.15) is 25.0 Å². The largest absolute Gasteiger partial charge is 0.356 e. The van der Waals surface area contributed by atoms with E-state index in [1.807, 2.05) is 22.8 Å². The maximum Gasteiger partial charge on any atom is 0.250 e. The van der Waals surface area contributed by atoms with Gasteiger partial charge in [0.05, 0.1) is 11.9 Å². The van der Waals surface area contributed by atoms with Crippen LogP contribution >= 0.6 is 0 Å². The molecule has 4 heterocycles. The predicted octanol–water partition coefficient (Wildman–Crippen LogP) is 1.83. The minimum Gasteiger partial charge on any atom is -0.356 e. The Balaban J connectivity index is 1.58. The van der Waals surface area contributed by atoms with E-state index in [0.717, 1.165) is 37.6 Å². The minimum atomic E-state index is -0.0981. The molecule has 0 aromatic carbocycles. The Morgan fingerprint density at radius 2 is 2.08 bits per heavy atom. The number of anilines is 2. The molecule has 0 saturated carbocycles. The molecule has 4 rings (SSSR count). The summed E-state index contributed by atoms with van der Waals surface area (Å²) >= 11 is 0. The minimum absolute atomic E-state index is 0.0981. The summed E-state index contributed by atoms with van der Waals surface area (Å²) in [6.45, 7) is 4.04. The summed E-state index contributed by atoms with van der Waals surface area (Å²) in [7, 11) is 0. The number of rotatable bonds is 2. The van der Waals surface area contributed by atoms with E-state index in [1.165, 1.54) is 6.92 Å². The highest BCUT2D eigenvalue weighted by molar-refractivity contribution is 5.88. The molecular formula is C18H20N4O2. The highest BCUT2D eigenvalue weighted by atomic mass is 16.1. The smallest absolute Gasteiger partial charge is 0.250 e. The van der Waals surface area contributed by atoms with Gasteiger partial charge in [0.25, 0.3) is 5.56 Å². The molecule has 2 aliphatic heterocycles. The molecule has 124 valence electrons. The zero-order valence-electron chi connectivity index (χ0n) is 13.6. The molecular weight excluding hydrogens is 304 g/mol.